The van der Waals surface area contributed by atoms with Crippen molar-refractivity contribution in [2.75, 3.05) is 5.75 Å². The first-order chi connectivity index (χ1) is 15.1. The SMILES string of the molecule is Cc1c(CNC(=O)CSc2nc3ccccc3o2)sc2nc(-c3ccc(F)cc3)cn12. The molecule has 0 spiro atoms. The molecule has 1 N–H and O–H groups in total. The highest BCUT2D eigenvalue weighted by atomic mass is 32.2. The topological polar surface area (TPSA) is 72.4 Å². The Bertz CT molecular complexity index is 1360. The molecule has 3 aromatic heterocycles. The average molecular weight is 453 g/mol. The van der Waals surface area contributed by atoms with Crippen molar-refractivity contribution >= 4 is 45.1 Å². The summed E-state index contributed by atoms with van der Waals surface area (Å²) in [4.78, 5) is 23.2. The van der Waals surface area contributed by atoms with E-state index in [4.69, 9.17) is 4.42 Å². The Morgan fingerprint density at radius 3 is 2.77 bits per heavy atom. The second-order valence-electron chi connectivity index (χ2n) is 6.91. The fraction of sp³-hybridized carbons (Fsp3) is 0.136. The van der Waals surface area contributed by atoms with Crippen LogP contribution in [0.1, 0.15) is 10.6 Å². The number of hydrogen-bond acceptors (Lipinski definition) is 6. The lowest BCUT2D eigenvalue weighted by Crippen LogP contribution is -2.24. The van der Waals surface area contributed by atoms with E-state index in [1.165, 1.54) is 35.2 Å². The Morgan fingerprint density at radius 1 is 1.19 bits per heavy atom. The van der Waals surface area contributed by atoms with E-state index in [0.717, 1.165) is 32.3 Å². The maximum Gasteiger partial charge on any atom is 0.257 e. The van der Waals surface area contributed by atoms with E-state index in [0.29, 0.717) is 17.4 Å². The van der Waals surface area contributed by atoms with Gasteiger partial charge in [-0.15, -0.1) is 0 Å². The highest BCUT2D eigenvalue weighted by molar-refractivity contribution is 7.99. The van der Waals surface area contributed by atoms with Gasteiger partial charge in [-0.3, -0.25) is 9.20 Å². The van der Waals surface area contributed by atoms with Gasteiger partial charge in [0, 0.05) is 22.3 Å². The van der Waals surface area contributed by atoms with Gasteiger partial charge in [-0.2, -0.15) is 0 Å². The summed E-state index contributed by atoms with van der Waals surface area (Å²) in [6.45, 7) is 2.42. The van der Waals surface area contributed by atoms with Crippen LogP contribution in [0.15, 0.2) is 64.4 Å². The van der Waals surface area contributed by atoms with Gasteiger partial charge < -0.3 is 9.73 Å². The highest BCUT2D eigenvalue weighted by Crippen LogP contribution is 2.27. The first-order valence-corrected chi connectivity index (χ1v) is 11.4. The summed E-state index contributed by atoms with van der Waals surface area (Å²) in [5.74, 6) is -0.138. The molecular formula is C22H17FN4O2S2. The number of thiazole rings is 1. The predicted molar refractivity (Wildman–Crippen MR) is 120 cm³/mol. The third-order valence-corrected chi connectivity index (χ3v) is 6.82. The highest BCUT2D eigenvalue weighted by Gasteiger charge is 2.14. The molecule has 0 aliphatic carbocycles. The van der Waals surface area contributed by atoms with Crippen LogP contribution >= 0.6 is 23.1 Å². The standard InChI is InChI=1S/C22H17FN4O2S2/c1-13-19(31-21-25-17(11-27(13)21)14-6-8-15(23)9-7-14)10-24-20(28)12-30-22-26-16-4-2-3-5-18(16)29-22/h2-9,11H,10,12H2,1H3,(H,24,28). The number of nitrogens with zero attached hydrogens (tertiary/aromatic N) is 3. The minimum atomic E-state index is -0.270. The zero-order valence-electron chi connectivity index (χ0n) is 16.5. The van der Waals surface area contributed by atoms with Gasteiger partial charge in [0.2, 0.25) is 5.91 Å². The molecule has 1 amide bonds. The van der Waals surface area contributed by atoms with E-state index < -0.39 is 0 Å². The molecule has 5 rings (SSSR count). The average Bonchev–Trinajstić information content (AvgIpc) is 3.45. The smallest absolute Gasteiger partial charge is 0.257 e. The molecule has 156 valence electrons. The van der Waals surface area contributed by atoms with E-state index in [-0.39, 0.29) is 17.5 Å². The molecule has 0 saturated carbocycles. The molecular weight excluding hydrogens is 435 g/mol. The fourth-order valence-electron chi connectivity index (χ4n) is 3.19. The van der Waals surface area contributed by atoms with Gasteiger partial charge in [-0.1, -0.05) is 35.2 Å². The zero-order valence-corrected chi connectivity index (χ0v) is 18.1. The molecule has 6 nitrogen and oxygen atoms in total. The molecule has 5 aromatic rings. The lowest BCUT2D eigenvalue weighted by Gasteiger charge is -2.03. The molecule has 0 bridgehead atoms. The first kappa shape index (κ1) is 19.8. The van der Waals surface area contributed by atoms with Gasteiger partial charge in [0.05, 0.1) is 18.0 Å². The Balaban J connectivity index is 1.22. The van der Waals surface area contributed by atoms with Gasteiger partial charge in [-0.05, 0) is 43.3 Å². The molecule has 2 aromatic carbocycles. The number of rotatable bonds is 6. The summed E-state index contributed by atoms with van der Waals surface area (Å²) in [5, 5.41) is 3.43. The molecule has 0 unspecified atom stereocenters. The number of fused-ring (bicyclic) bond motifs is 2. The quantitative estimate of drug-likeness (QED) is 0.365. The fourth-order valence-corrected chi connectivity index (χ4v) is 4.90. The molecule has 0 saturated heterocycles. The molecule has 0 atom stereocenters. The van der Waals surface area contributed by atoms with E-state index in [9.17, 15) is 9.18 Å². The maximum atomic E-state index is 13.1. The van der Waals surface area contributed by atoms with Crippen LogP contribution in [0.3, 0.4) is 0 Å². The summed E-state index contributed by atoms with van der Waals surface area (Å²) in [5.41, 5.74) is 4.17. The van der Waals surface area contributed by atoms with Crippen molar-refractivity contribution in [2.45, 2.75) is 18.7 Å². The lowest BCUT2D eigenvalue weighted by molar-refractivity contribution is -0.118. The van der Waals surface area contributed by atoms with Crippen LogP contribution in [0.5, 0.6) is 0 Å². The van der Waals surface area contributed by atoms with Crippen LogP contribution in [0.25, 0.3) is 27.3 Å². The van der Waals surface area contributed by atoms with Crippen molar-refractivity contribution in [3.05, 3.63) is 71.1 Å². The van der Waals surface area contributed by atoms with Crippen LogP contribution < -0.4 is 5.32 Å². The number of oxazole rings is 1. The van der Waals surface area contributed by atoms with Gasteiger partial charge in [0.15, 0.2) is 10.5 Å². The number of thioether (sulfide) groups is 1. The Labute approximate surface area is 185 Å². The number of amides is 1. The van der Waals surface area contributed by atoms with Crippen LogP contribution in [-0.4, -0.2) is 26.0 Å². The Morgan fingerprint density at radius 2 is 2.00 bits per heavy atom. The summed E-state index contributed by atoms with van der Waals surface area (Å²) >= 11 is 2.80. The number of halogens is 1. The normalized spacial score (nSPS) is 11.4. The predicted octanol–water partition coefficient (Wildman–Crippen LogP) is 5.06. The molecule has 3 heterocycles. The van der Waals surface area contributed by atoms with Crippen LogP contribution in [-0.2, 0) is 11.3 Å². The molecule has 0 radical (unpaired) electrons. The monoisotopic (exact) mass is 452 g/mol. The number of imidazole rings is 1. The molecule has 31 heavy (non-hydrogen) atoms. The summed E-state index contributed by atoms with van der Waals surface area (Å²) in [6.07, 6.45) is 1.93. The number of para-hydroxylation sites is 2. The van der Waals surface area contributed by atoms with Crippen molar-refractivity contribution < 1.29 is 13.6 Å². The first-order valence-electron chi connectivity index (χ1n) is 9.55. The lowest BCUT2D eigenvalue weighted by atomic mass is 10.2. The number of nitrogens with one attached hydrogen (secondary N) is 1. The number of aromatic nitrogens is 3. The van der Waals surface area contributed by atoms with Crippen molar-refractivity contribution in [1.82, 2.24) is 19.7 Å². The van der Waals surface area contributed by atoms with Crippen molar-refractivity contribution in [1.29, 1.82) is 0 Å². The number of benzene rings is 2. The number of carbonyl (C=O) groups is 1. The van der Waals surface area contributed by atoms with Gasteiger partial charge in [-0.25, -0.2) is 14.4 Å². The van der Waals surface area contributed by atoms with Crippen molar-refractivity contribution in [3.63, 3.8) is 0 Å². The maximum absolute atomic E-state index is 13.1. The van der Waals surface area contributed by atoms with E-state index in [1.54, 1.807) is 12.1 Å². The van der Waals surface area contributed by atoms with E-state index in [1.807, 2.05) is 41.8 Å². The molecule has 0 aliphatic heterocycles. The van der Waals surface area contributed by atoms with Crippen molar-refractivity contribution in [2.24, 2.45) is 0 Å². The van der Waals surface area contributed by atoms with Gasteiger partial charge in [0.25, 0.3) is 5.22 Å². The van der Waals surface area contributed by atoms with Crippen LogP contribution in [0.2, 0.25) is 0 Å². The summed E-state index contributed by atoms with van der Waals surface area (Å²) in [6, 6.07) is 13.8. The van der Waals surface area contributed by atoms with Gasteiger partial charge >= 0.3 is 0 Å². The minimum absolute atomic E-state index is 0.0929. The number of carbonyl (C=O) groups excluding carboxylic acids is 1. The second kappa shape index (κ2) is 8.16. The Hall–Kier alpha value is -3.17. The van der Waals surface area contributed by atoms with Gasteiger partial charge in [0.1, 0.15) is 11.3 Å². The third kappa shape index (κ3) is 4.06. The molecule has 0 fully saturated rings. The molecule has 0 aliphatic rings. The minimum Gasteiger partial charge on any atom is -0.431 e. The van der Waals surface area contributed by atoms with Crippen molar-refractivity contribution in [3.8, 4) is 11.3 Å². The van der Waals surface area contributed by atoms with Crippen LogP contribution in [0, 0.1) is 12.7 Å². The third-order valence-electron chi connectivity index (χ3n) is 4.84. The summed E-state index contributed by atoms with van der Waals surface area (Å²) < 4.78 is 20.8. The summed E-state index contributed by atoms with van der Waals surface area (Å²) in [7, 11) is 0. The number of hydrogen-bond donors (Lipinski definition) is 1. The van der Waals surface area contributed by atoms with Crippen LogP contribution in [0.4, 0.5) is 4.39 Å². The Kier molecular flexibility index (Phi) is 5.21. The second-order valence-corrected chi connectivity index (χ2v) is 8.90. The van der Waals surface area contributed by atoms with E-state index >= 15 is 0 Å². The largest absolute Gasteiger partial charge is 0.431 e. The molecule has 9 heteroatoms. The van der Waals surface area contributed by atoms with E-state index in [2.05, 4.69) is 15.3 Å². The number of aryl methyl sites for hydroxylation is 1. The zero-order chi connectivity index (χ0) is 21.4.